The number of aliphatic carboxylic acids is 1. The summed E-state index contributed by atoms with van der Waals surface area (Å²) in [5, 5.41) is 12.0. The first-order valence-electron chi connectivity index (χ1n) is 7.20. The van der Waals surface area contributed by atoms with E-state index in [0.29, 0.717) is 26.1 Å². The van der Waals surface area contributed by atoms with Crippen molar-refractivity contribution in [1.29, 1.82) is 0 Å². The van der Waals surface area contributed by atoms with Crippen LogP contribution in [0.1, 0.15) is 18.9 Å². The zero-order chi connectivity index (χ0) is 15.2. The lowest BCUT2D eigenvalue weighted by molar-refractivity contribution is -0.143. The molecule has 2 heterocycles. The third kappa shape index (κ3) is 4.44. The predicted octanol–water partition coefficient (Wildman–Crippen LogP) is 1.38. The molecule has 2 N–H and O–H groups in total. The topological polar surface area (TPSA) is 82.5 Å². The molecule has 1 fully saturated rings. The van der Waals surface area contributed by atoms with Gasteiger partial charge >= 0.3 is 12.0 Å². The van der Waals surface area contributed by atoms with Crippen LogP contribution in [0, 0.1) is 11.8 Å². The highest BCUT2D eigenvalue weighted by Gasteiger charge is 2.31. The lowest BCUT2D eigenvalue weighted by atomic mass is 9.91. The molecule has 0 aromatic carbocycles. The smallest absolute Gasteiger partial charge is 0.317 e. The number of carboxylic acids is 1. The summed E-state index contributed by atoms with van der Waals surface area (Å²) in [5.41, 5.74) is 1.11. The van der Waals surface area contributed by atoms with Crippen molar-refractivity contribution in [2.45, 2.75) is 19.8 Å². The number of hydrogen-bond acceptors (Lipinski definition) is 3. The van der Waals surface area contributed by atoms with Gasteiger partial charge in [-0.25, -0.2) is 4.79 Å². The molecule has 1 aliphatic heterocycles. The fraction of sp³-hybridized carbons (Fsp3) is 0.533. The van der Waals surface area contributed by atoms with Crippen LogP contribution < -0.4 is 5.32 Å². The summed E-state index contributed by atoms with van der Waals surface area (Å²) in [7, 11) is 0. The van der Waals surface area contributed by atoms with Gasteiger partial charge in [-0.15, -0.1) is 0 Å². The van der Waals surface area contributed by atoms with Crippen molar-refractivity contribution in [2.75, 3.05) is 19.6 Å². The first kappa shape index (κ1) is 15.3. The number of hydrogen-bond donors (Lipinski definition) is 2. The van der Waals surface area contributed by atoms with E-state index < -0.39 is 11.9 Å². The molecule has 114 valence electrons. The van der Waals surface area contributed by atoms with E-state index in [4.69, 9.17) is 5.11 Å². The van der Waals surface area contributed by atoms with Crippen molar-refractivity contribution in [3.63, 3.8) is 0 Å². The Kier molecular flexibility index (Phi) is 5.14. The van der Waals surface area contributed by atoms with Gasteiger partial charge in [0.05, 0.1) is 5.92 Å². The van der Waals surface area contributed by atoms with Gasteiger partial charge in [0.1, 0.15) is 0 Å². The summed E-state index contributed by atoms with van der Waals surface area (Å²) in [6, 6.07) is 3.65. The van der Waals surface area contributed by atoms with Crippen LogP contribution in [0.4, 0.5) is 4.79 Å². The molecule has 0 spiro atoms. The van der Waals surface area contributed by atoms with Gasteiger partial charge in [0.25, 0.3) is 0 Å². The second-order valence-corrected chi connectivity index (χ2v) is 5.62. The van der Waals surface area contributed by atoms with E-state index in [1.807, 2.05) is 19.1 Å². The molecule has 0 saturated carbocycles. The number of piperidine rings is 1. The van der Waals surface area contributed by atoms with Gasteiger partial charge in [-0.05, 0) is 36.5 Å². The average molecular weight is 291 g/mol. The number of amides is 2. The molecule has 0 bridgehead atoms. The summed E-state index contributed by atoms with van der Waals surface area (Å²) >= 11 is 0. The summed E-state index contributed by atoms with van der Waals surface area (Å²) in [4.78, 5) is 28.8. The highest BCUT2D eigenvalue weighted by molar-refractivity contribution is 5.76. The molecule has 1 aromatic heterocycles. The van der Waals surface area contributed by atoms with Gasteiger partial charge in [0.2, 0.25) is 0 Å². The number of pyridine rings is 1. The van der Waals surface area contributed by atoms with Crippen molar-refractivity contribution in [2.24, 2.45) is 11.8 Å². The second kappa shape index (κ2) is 7.06. The monoisotopic (exact) mass is 291 g/mol. The first-order valence-corrected chi connectivity index (χ1v) is 7.20. The van der Waals surface area contributed by atoms with Crippen LogP contribution in [0.5, 0.6) is 0 Å². The molecule has 2 unspecified atom stereocenters. The lowest BCUT2D eigenvalue weighted by Crippen LogP contribution is -2.49. The van der Waals surface area contributed by atoms with Crippen molar-refractivity contribution in [3.05, 3.63) is 30.1 Å². The van der Waals surface area contributed by atoms with Crippen molar-refractivity contribution in [3.8, 4) is 0 Å². The third-order valence-corrected chi connectivity index (χ3v) is 3.74. The SMILES string of the molecule is CC1CC(C(=O)O)CN(C(=O)NCCc2ccncc2)C1. The zero-order valence-electron chi connectivity index (χ0n) is 12.2. The van der Waals surface area contributed by atoms with Crippen LogP contribution in [-0.2, 0) is 11.2 Å². The van der Waals surface area contributed by atoms with Crippen molar-refractivity contribution < 1.29 is 14.7 Å². The Bertz CT molecular complexity index is 492. The average Bonchev–Trinajstić information content (AvgIpc) is 2.47. The number of likely N-dealkylation sites (tertiary alicyclic amines) is 1. The molecular weight excluding hydrogens is 270 g/mol. The van der Waals surface area contributed by atoms with Crippen molar-refractivity contribution in [1.82, 2.24) is 15.2 Å². The minimum Gasteiger partial charge on any atom is -0.481 e. The Labute approximate surface area is 124 Å². The number of carbonyl (C=O) groups excluding carboxylic acids is 1. The molecule has 2 amide bonds. The van der Waals surface area contributed by atoms with Crippen LogP contribution in [0.15, 0.2) is 24.5 Å². The molecule has 6 heteroatoms. The molecule has 1 aromatic rings. The second-order valence-electron chi connectivity index (χ2n) is 5.62. The molecule has 2 atom stereocenters. The van der Waals surface area contributed by atoms with E-state index in [1.165, 1.54) is 0 Å². The van der Waals surface area contributed by atoms with E-state index in [-0.39, 0.29) is 11.9 Å². The quantitative estimate of drug-likeness (QED) is 0.878. The van der Waals surface area contributed by atoms with E-state index in [1.54, 1.807) is 17.3 Å². The van der Waals surface area contributed by atoms with E-state index in [0.717, 1.165) is 12.0 Å². The van der Waals surface area contributed by atoms with Gasteiger partial charge in [-0.2, -0.15) is 0 Å². The number of rotatable bonds is 4. The maximum atomic E-state index is 12.1. The Morgan fingerprint density at radius 2 is 2.10 bits per heavy atom. The minimum atomic E-state index is -0.823. The van der Waals surface area contributed by atoms with Crippen LogP contribution in [-0.4, -0.2) is 46.6 Å². The third-order valence-electron chi connectivity index (χ3n) is 3.74. The number of carbonyl (C=O) groups is 2. The Balaban J connectivity index is 1.81. The highest BCUT2D eigenvalue weighted by Crippen LogP contribution is 2.21. The molecule has 21 heavy (non-hydrogen) atoms. The standard InChI is InChI=1S/C15H21N3O3/c1-11-8-13(14(19)20)10-18(9-11)15(21)17-7-4-12-2-5-16-6-3-12/h2-3,5-6,11,13H,4,7-10H2,1H3,(H,17,21)(H,19,20). The normalized spacial score (nSPS) is 21.9. The molecule has 2 rings (SSSR count). The number of nitrogens with one attached hydrogen (secondary N) is 1. The minimum absolute atomic E-state index is 0.179. The predicted molar refractivity (Wildman–Crippen MR) is 77.8 cm³/mol. The molecule has 1 saturated heterocycles. The highest BCUT2D eigenvalue weighted by atomic mass is 16.4. The van der Waals surface area contributed by atoms with Crippen molar-refractivity contribution >= 4 is 12.0 Å². The van der Waals surface area contributed by atoms with E-state index >= 15 is 0 Å². The molecular formula is C15H21N3O3. The Hall–Kier alpha value is -2.11. The lowest BCUT2D eigenvalue weighted by Gasteiger charge is -2.34. The molecule has 0 aliphatic carbocycles. The van der Waals surface area contributed by atoms with Crippen LogP contribution >= 0.6 is 0 Å². The van der Waals surface area contributed by atoms with Crippen LogP contribution in [0.3, 0.4) is 0 Å². The number of nitrogens with zero attached hydrogens (tertiary/aromatic N) is 2. The van der Waals surface area contributed by atoms with Gasteiger partial charge in [0, 0.05) is 32.0 Å². The zero-order valence-corrected chi connectivity index (χ0v) is 12.2. The Morgan fingerprint density at radius 3 is 2.76 bits per heavy atom. The summed E-state index contributed by atoms with van der Waals surface area (Å²) in [6.07, 6.45) is 4.82. The number of urea groups is 1. The maximum Gasteiger partial charge on any atom is 0.317 e. The first-order chi connectivity index (χ1) is 10.1. The number of aromatic nitrogens is 1. The number of carboxylic acid groups (broad SMARTS) is 1. The van der Waals surface area contributed by atoms with Gasteiger partial charge in [-0.3, -0.25) is 9.78 Å². The summed E-state index contributed by atoms with van der Waals surface area (Å²) in [6.45, 7) is 3.42. The molecule has 1 aliphatic rings. The fourth-order valence-electron chi connectivity index (χ4n) is 2.67. The fourth-order valence-corrected chi connectivity index (χ4v) is 2.67. The van der Waals surface area contributed by atoms with Crippen LogP contribution in [0.2, 0.25) is 0 Å². The summed E-state index contributed by atoms with van der Waals surface area (Å²) in [5.74, 6) is -1.07. The molecule has 0 radical (unpaired) electrons. The van der Waals surface area contributed by atoms with Gasteiger partial charge in [0.15, 0.2) is 0 Å². The largest absolute Gasteiger partial charge is 0.481 e. The maximum absolute atomic E-state index is 12.1. The van der Waals surface area contributed by atoms with Gasteiger partial charge < -0.3 is 15.3 Å². The Morgan fingerprint density at radius 1 is 1.38 bits per heavy atom. The van der Waals surface area contributed by atoms with E-state index in [2.05, 4.69) is 10.3 Å². The van der Waals surface area contributed by atoms with Gasteiger partial charge in [-0.1, -0.05) is 6.92 Å². The van der Waals surface area contributed by atoms with Crippen LogP contribution in [0.25, 0.3) is 0 Å². The summed E-state index contributed by atoms with van der Waals surface area (Å²) < 4.78 is 0. The van der Waals surface area contributed by atoms with E-state index in [9.17, 15) is 9.59 Å². The molecule has 6 nitrogen and oxygen atoms in total.